The Labute approximate surface area is 247 Å². The molecule has 0 bridgehead atoms. The SMILES string of the molecule is CCCCCCCCCCCCCCCCNC(=O)c1cc(OCC(O)CS(=O)CC(=O)O)c2ccccc2c1O. The minimum Gasteiger partial charge on any atom is -0.506 e. The average Bonchev–Trinajstić information content (AvgIpc) is 2.94. The molecule has 2 atom stereocenters. The first-order valence-corrected chi connectivity index (χ1v) is 16.7. The molecule has 2 rings (SSSR count). The van der Waals surface area contributed by atoms with Gasteiger partial charge in [0.2, 0.25) is 0 Å². The molecule has 8 nitrogen and oxygen atoms in total. The van der Waals surface area contributed by atoms with E-state index in [9.17, 15) is 24.0 Å². The number of benzene rings is 2. The number of ether oxygens (including phenoxy) is 1. The minimum atomic E-state index is -1.73. The summed E-state index contributed by atoms with van der Waals surface area (Å²) < 4.78 is 17.5. The first-order chi connectivity index (χ1) is 19.8. The number of aliphatic carboxylic acids is 1. The highest BCUT2D eigenvalue weighted by Crippen LogP contribution is 2.36. The van der Waals surface area contributed by atoms with E-state index in [1.807, 2.05) is 0 Å². The Morgan fingerprint density at radius 2 is 1.41 bits per heavy atom. The van der Waals surface area contributed by atoms with E-state index in [4.69, 9.17) is 9.84 Å². The number of carbonyl (C=O) groups excluding carboxylic acids is 1. The quantitative estimate of drug-likeness (QED) is 0.111. The van der Waals surface area contributed by atoms with Crippen LogP contribution < -0.4 is 10.1 Å². The highest BCUT2D eigenvalue weighted by Gasteiger charge is 2.19. The van der Waals surface area contributed by atoms with Crippen LogP contribution >= 0.6 is 0 Å². The molecule has 0 saturated heterocycles. The second-order valence-corrected chi connectivity index (χ2v) is 12.3. The van der Waals surface area contributed by atoms with Crippen LogP contribution in [0.15, 0.2) is 30.3 Å². The third-order valence-electron chi connectivity index (χ3n) is 7.13. The molecule has 2 unspecified atom stereocenters. The zero-order chi connectivity index (χ0) is 29.9. The van der Waals surface area contributed by atoms with Crippen molar-refractivity contribution in [3.8, 4) is 11.5 Å². The second-order valence-electron chi connectivity index (χ2n) is 10.8. The Bertz CT molecular complexity index is 1090. The van der Waals surface area contributed by atoms with Gasteiger partial charge in [-0.25, -0.2) is 0 Å². The zero-order valence-corrected chi connectivity index (χ0v) is 25.4. The number of hydrogen-bond donors (Lipinski definition) is 4. The van der Waals surface area contributed by atoms with E-state index < -0.39 is 34.5 Å². The van der Waals surface area contributed by atoms with Gasteiger partial charge in [-0.15, -0.1) is 0 Å². The number of carbonyl (C=O) groups is 2. The Hall–Kier alpha value is -2.65. The molecule has 0 spiro atoms. The molecule has 0 aliphatic carbocycles. The molecule has 9 heteroatoms. The van der Waals surface area contributed by atoms with Gasteiger partial charge in [-0.2, -0.15) is 0 Å². The summed E-state index contributed by atoms with van der Waals surface area (Å²) in [4.78, 5) is 23.6. The lowest BCUT2D eigenvalue weighted by Gasteiger charge is -2.16. The van der Waals surface area contributed by atoms with Gasteiger partial charge < -0.3 is 25.4 Å². The van der Waals surface area contributed by atoms with Gasteiger partial charge in [0.15, 0.2) is 0 Å². The van der Waals surface area contributed by atoms with Crippen molar-refractivity contribution in [1.82, 2.24) is 5.32 Å². The lowest BCUT2D eigenvalue weighted by molar-refractivity contribution is -0.133. The topological polar surface area (TPSA) is 133 Å². The number of hydrogen-bond acceptors (Lipinski definition) is 6. The predicted molar refractivity (Wildman–Crippen MR) is 165 cm³/mol. The summed E-state index contributed by atoms with van der Waals surface area (Å²) in [6, 6.07) is 8.36. The molecule has 0 heterocycles. The first kappa shape index (κ1) is 34.6. The number of carboxylic acids is 1. The molecule has 0 radical (unpaired) electrons. The average molecular weight is 592 g/mol. The van der Waals surface area contributed by atoms with Crippen molar-refractivity contribution in [3.05, 3.63) is 35.9 Å². The number of aromatic hydroxyl groups is 1. The van der Waals surface area contributed by atoms with Crippen LogP contribution in [-0.4, -0.2) is 62.2 Å². The number of aliphatic hydroxyl groups excluding tert-OH is 1. The molecule has 0 aliphatic heterocycles. The molecule has 0 fully saturated rings. The standard InChI is InChI=1S/C32H49NO7S/c1-2-3-4-5-6-7-8-9-10-11-12-13-14-17-20-33-32(38)28-21-29(26-18-15-16-19-27(26)31(28)37)40-22-25(34)23-41(39)24-30(35)36/h15-16,18-19,21,25,34,37H,2-14,17,20,22-24H2,1H3,(H,33,38)(H,35,36). The summed E-state index contributed by atoms with van der Waals surface area (Å²) >= 11 is 0. The lowest BCUT2D eigenvalue weighted by Crippen LogP contribution is -2.27. The van der Waals surface area contributed by atoms with Gasteiger partial charge in [-0.3, -0.25) is 13.8 Å². The van der Waals surface area contributed by atoms with Gasteiger partial charge in [0.25, 0.3) is 5.91 Å². The highest BCUT2D eigenvalue weighted by molar-refractivity contribution is 7.85. The molecular weight excluding hydrogens is 542 g/mol. The summed E-state index contributed by atoms with van der Waals surface area (Å²) in [5, 5.41) is 33.6. The van der Waals surface area contributed by atoms with Crippen LogP contribution in [0, 0.1) is 0 Å². The molecule has 4 N–H and O–H groups in total. The maximum Gasteiger partial charge on any atom is 0.316 e. The Morgan fingerprint density at radius 3 is 1.98 bits per heavy atom. The van der Waals surface area contributed by atoms with Crippen LogP contribution in [0.1, 0.15) is 107 Å². The van der Waals surface area contributed by atoms with Crippen molar-refractivity contribution < 1.29 is 33.9 Å². The smallest absolute Gasteiger partial charge is 0.316 e. The van der Waals surface area contributed by atoms with Crippen molar-refractivity contribution >= 4 is 33.4 Å². The first-order valence-electron chi connectivity index (χ1n) is 15.2. The van der Waals surface area contributed by atoms with Crippen LogP contribution in [0.3, 0.4) is 0 Å². The second kappa shape index (κ2) is 20.3. The van der Waals surface area contributed by atoms with Gasteiger partial charge in [0, 0.05) is 28.1 Å². The molecule has 0 aromatic heterocycles. The maximum absolute atomic E-state index is 12.9. The van der Waals surface area contributed by atoms with Crippen molar-refractivity contribution in [1.29, 1.82) is 0 Å². The van der Waals surface area contributed by atoms with Crippen molar-refractivity contribution in [2.75, 3.05) is 24.7 Å². The number of rotatable bonds is 23. The summed E-state index contributed by atoms with van der Waals surface area (Å²) in [5.41, 5.74) is 0.0769. The van der Waals surface area contributed by atoms with Crippen LogP contribution in [-0.2, 0) is 15.6 Å². The number of unbranched alkanes of at least 4 members (excludes halogenated alkanes) is 13. The van der Waals surface area contributed by atoms with Gasteiger partial charge in [-0.1, -0.05) is 115 Å². The van der Waals surface area contributed by atoms with Gasteiger partial charge in [0.1, 0.15) is 23.9 Å². The molecular formula is C32H49NO7S. The van der Waals surface area contributed by atoms with Crippen molar-refractivity contribution in [2.45, 2.75) is 103 Å². The van der Waals surface area contributed by atoms with E-state index in [1.165, 1.54) is 76.7 Å². The van der Waals surface area contributed by atoms with Gasteiger partial charge in [-0.05, 0) is 12.5 Å². The van der Waals surface area contributed by atoms with E-state index in [0.717, 1.165) is 19.3 Å². The van der Waals surface area contributed by atoms with Gasteiger partial charge in [0.05, 0.1) is 17.4 Å². The molecule has 41 heavy (non-hydrogen) atoms. The van der Waals surface area contributed by atoms with Crippen molar-refractivity contribution in [3.63, 3.8) is 0 Å². The van der Waals surface area contributed by atoms with E-state index in [2.05, 4.69) is 12.2 Å². The Balaban J connectivity index is 1.74. The van der Waals surface area contributed by atoms with Gasteiger partial charge >= 0.3 is 5.97 Å². The number of phenolic OH excluding ortho intramolecular Hbond substituents is 1. The number of aliphatic hydroxyl groups is 1. The molecule has 0 saturated carbocycles. The highest BCUT2D eigenvalue weighted by atomic mass is 32.2. The number of fused-ring (bicyclic) bond motifs is 1. The zero-order valence-electron chi connectivity index (χ0n) is 24.6. The number of phenols is 1. The van der Waals surface area contributed by atoms with Crippen LogP contribution in [0.25, 0.3) is 10.8 Å². The molecule has 0 aliphatic rings. The monoisotopic (exact) mass is 591 g/mol. The van der Waals surface area contributed by atoms with E-state index in [1.54, 1.807) is 24.3 Å². The molecule has 230 valence electrons. The third-order valence-corrected chi connectivity index (χ3v) is 8.46. The lowest BCUT2D eigenvalue weighted by atomic mass is 10.0. The fourth-order valence-corrected chi connectivity index (χ4v) is 5.80. The van der Waals surface area contributed by atoms with E-state index in [0.29, 0.717) is 23.1 Å². The molecule has 2 aromatic carbocycles. The molecule has 1 amide bonds. The maximum atomic E-state index is 12.9. The van der Waals surface area contributed by atoms with Crippen LogP contribution in [0.2, 0.25) is 0 Å². The van der Waals surface area contributed by atoms with Crippen molar-refractivity contribution in [2.24, 2.45) is 0 Å². The third kappa shape index (κ3) is 13.7. The summed E-state index contributed by atoms with van der Waals surface area (Å²) in [5.74, 6) is -2.25. The van der Waals surface area contributed by atoms with E-state index >= 15 is 0 Å². The Morgan fingerprint density at radius 1 is 0.878 bits per heavy atom. The number of amides is 1. The fourth-order valence-electron chi connectivity index (χ4n) is 4.88. The van der Waals surface area contributed by atoms with E-state index in [-0.39, 0.29) is 23.7 Å². The van der Waals surface area contributed by atoms with Crippen LogP contribution in [0.4, 0.5) is 0 Å². The minimum absolute atomic E-state index is 0.0769. The largest absolute Gasteiger partial charge is 0.506 e. The van der Waals surface area contributed by atoms with Crippen LogP contribution in [0.5, 0.6) is 11.5 Å². The summed E-state index contributed by atoms with van der Waals surface area (Å²) in [6.45, 7) is 2.52. The summed E-state index contributed by atoms with van der Waals surface area (Å²) in [6.07, 6.45) is 16.5. The predicted octanol–water partition coefficient (Wildman–Crippen LogP) is 6.33. The normalized spacial score (nSPS) is 12.7. The fraction of sp³-hybridized carbons (Fsp3) is 0.625. The Kier molecular flexibility index (Phi) is 17.1. The molecule has 2 aromatic rings. The summed E-state index contributed by atoms with van der Waals surface area (Å²) in [7, 11) is -1.73. The number of nitrogens with one attached hydrogen (secondary N) is 1. The number of carboxylic acid groups (broad SMARTS) is 1.